The van der Waals surface area contributed by atoms with Gasteiger partial charge < -0.3 is 5.73 Å². The summed E-state index contributed by atoms with van der Waals surface area (Å²) in [5.74, 6) is 1.57. The molecular formula is C13H20ClNS. The molecule has 1 nitrogen and oxygen atoms in total. The smallest absolute Gasteiger partial charge is 0.0931 e. The number of rotatable bonds is 2. The van der Waals surface area contributed by atoms with E-state index in [0.29, 0.717) is 0 Å². The van der Waals surface area contributed by atoms with Gasteiger partial charge in [0.05, 0.1) is 4.34 Å². The zero-order chi connectivity index (χ0) is 11.8. The van der Waals surface area contributed by atoms with Gasteiger partial charge in [-0.25, -0.2) is 0 Å². The summed E-state index contributed by atoms with van der Waals surface area (Å²) < 4.78 is 0.871. The maximum atomic E-state index is 6.52. The Bertz CT molecular complexity index is 363. The van der Waals surface area contributed by atoms with Crippen LogP contribution in [0.4, 0.5) is 0 Å². The van der Waals surface area contributed by atoms with Crippen molar-refractivity contribution in [1.29, 1.82) is 0 Å². The van der Waals surface area contributed by atoms with E-state index in [1.165, 1.54) is 11.3 Å². The molecule has 1 aromatic heterocycles. The van der Waals surface area contributed by atoms with Crippen LogP contribution < -0.4 is 5.73 Å². The highest BCUT2D eigenvalue weighted by atomic mass is 35.5. The fourth-order valence-corrected chi connectivity index (χ4v) is 3.94. The molecule has 1 aromatic rings. The minimum Gasteiger partial charge on any atom is -0.325 e. The molecule has 3 atom stereocenters. The molecule has 1 aliphatic rings. The lowest BCUT2D eigenvalue weighted by Gasteiger charge is -2.40. The van der Waals surface area contributed by atoms with Crippen molar-refractivity contribution in [2.45, 2.75) is 45.1 Å². The third kappa shape index (κ3) is 2.79. The molecule has 3 unspecified atom stereocenters. The molecule has 0 radical (unpaired) electrons. The summed E-state index contributed by atoms with van der Waals surface area (Å²) in [6.07, 6.45) is 4.54. The van der Waals surface area contributed by atoms with Crippen LogP contribution in [0.3, 0.4) is 0 Å². The Kier molecular flexibility index (Phi) is 3.62. The predicted molar refractivity (Wildman–Crippen MR) is 72.1 cm³/mol. The first kappa shape index (κ1) is 12.4. The van der Waals surface area contributed by atoms with Crippen LogP contribution in [0.2, 0.25) is 4.34 Å². The summed E-state index contributed by atoms with van der Waals surface area (Å²) in [5, 5.41) is 0. The molecule has 0 aromatic carbocycles. The van der Waals surface area contributed by atoms with Crippen molar-refractivity contribution in [3.63, 3.8) is 0 Å². The third-order valence-electron chi connectivity index (χ3n) is 3.95. The van der Waals surface area contributed by atoms with Crippen LogP contribution in [-0.2, 0) is 6.42 Å². The quantitative estimate of drug-likeness (QED) is 0.848. The van der Waals surface area contributed by atoms with Gasteiger partial charge in [-0.15, -0.1) is 11.3 Å². The van der Waals surface area contributed by atoms with Crippen molar-refractivity contribution >= 4 is 22.9 Å². The highest BCUT2D eigenvalue weighted by Gasteiger charge is 2.34. The minimum absolute atomic E-state index is 0.000108. The van der Waals surface area contributed by atoms with Crippen molar-refractivity contribution in [2.24, 2.45) is 17.6 Å². The molecule has 3 heteroatoms. The summed E-state index contributed by atoms with van der Waals surface area (Å²) in [7, 11) is 0. The number of halogens is 1. The molecular weight excluding hydrogens is 238 g/mol. The van der Waals surface area contributed by atoms with E-state index in [1.807, 2.05) is 6.07 Å². The number of thiophene rings is 1. The van der Waals surface area contributed by atoms with Crippen LogP contribution >= 0.6 is 22.9 Å². The van der Waals surface area contributed by atoms with Crippen molar-refractivity contribution in [2.75, 3.05) is 0 Å². The first-order chi connectivity index (χ1) is 7.48. The Morgan fingerprint density at radius 2 is 2.19 bits per heavy atom. The van der Waals surface area contributed by atoms with Gasteiger partial charge in [-0.3, -0.25) is 0 Å². The van der Waals surface area contributed by atoms with E-state index < -0.39 is 0 Å². The molecule has 0 amide bonds. The molecule has 0 bridgehead atoms. The molecule has 2 rings (SSSR count). The lowest BCUT2D eigenvalue weighted by atomic mass is 9.70. The van der Waals surface area contributed by atoms with Crippen molar-refractivity contribution in [3.8, 4) is 0 Å². The van der Waals surface area contributed by atoms with Gasteiger partial charge in [0.1, 0.15) is 0 Å². The summed E-state index contributed by atoms with van der Waals surface area (Å²) in [4.78, 5) is 1.33. The second kappa shape index (κ2) is 4.67. The minimum atomic E-state index is 0.000108. The average Bonchev–Trinajstić information content (AvgIpc) is 2.58. The lowest BCUT2D eigenvalue weighted by Crippen LogP contribution is -2.47. The van der Waals surface area contributed by atoms with E-state index >= 15 is 0 Å². The maximum absolute atomic E-state index is 6.52. The summed E-state index contributed by atoms with van der Waals surface area (Å²) in [6, 6.07) is 4.09. The van der Waals surface area contributed by atoms with E-state index in [1.54, 1.807) is 11.3 Å². The molecule has 16 heavy (non-hydrogen) atoms. The van der Waals surface area contributed by atoms with Crippen LogP contribution in [0.25, 0.3) is 0 Å². The molecule has 1 heterocycles. The van der Waals surface area contributed by atoms with Crippen LogP contribution in [0.15, 0.2) is 12.1 Å². The van der Waals surface area contributed by atoms with Crippen LogP contribution in [0.1, 0.15) is 38.0 Å². The molecule has 0 aliphatic heterocycles. The second-order valence-electron chi connectivity index (χ2n) is 5.44. The van der Waals surface area contributed by atoms with E-state index in [9.17, 15) is 0 Å². The third-order valence-corrected chi connectivity index (χ3v) is 5.18. The Morgan fingerprint density at radius 3 is 2.75 bits per heavy atom. The van der Waals surface area contributed by atoms with Crippen LogP contribution in [-0.4, -0.2) is 5.54 Å². The Balaban J connectivity index is 2.03. The molecule has 1 saturated carbocycles. The van der Waals surface area contributed by atoms with Crippen LogP contribution in [0.5, 0.6) is 0 Å². The van der Waals surface area contributed by atoms with Crippen LogP contribution in [0, 0.1) is 11.8 Å². The Labute approximate surface area is 107 Å². The first-order valence-electron chi connectivity index (χ1n) is 6.02. The van der Waals surface area contributed by atoms with Gasteiger partial charge in [0.2, 0.25) is 0 Å². The van der Waals surface area contributed by atoms with Gasteiger partial charge in [0.15, 0.2) is 0 Å². The summed E-state index contributed by atoms with van der Waals surface area (Å²) >= 11 is 7.62. The highest BCUT2D eigenvalue weighted by Crippen LogP contribution is 2.37. The Hall–Kier alpha value is -0.0500. The van der Waals surface area contributed by atoms with Gasteiger partial charge in [-0.05, 0) is 49.7 Å². The zero-order valence-electron chi connectivity index (χ0n) is 10.0. The number of hydrogen-bond donors (Lipinski definition) is 1. The standard InChI is InChI=1S/C13H20ClNS/c1-9-5-6-13(15,7-10(9)2)8-11-3-4-12(14)16-11/h3-4,9-10H,5-8,15H2,1-2H3. The number of hydrogen-bond acceptors (Lipinski definition) is 2. The summed E-state index contributed by atoms with van der Waals surface area (Å²) in [5.41, 5.74) is 6.52. The molecule has 0 spiro atoms. The van der Waals surface area contributed by atoms with E-state index in [0.717, 1.165) is 35.4 Å². The fourth-order valence-electron chi connectivity index (χ4n) is 2.70. The largest absolute Gasteiger partial charge is 0.325 e. The summed E-state index contributed by atoms with van der Waals surface area (Å²) in [6.45, 7) is 4.67. The van der Waals surface area contributed by atoms with Gasteiger partial charge in [-0.1, -0.05) is 25.4 Å². The molecule has 2 N–H and O–H groups in total. The fraction of sp³-hybridized carbons (Fsp3) is 0.692. The number of nitrogens with two attached hydrogens (primary N) is 1. The molecule has 90 valence electrons. The first-order valence-corrected chi connectivity index (χ1v) is 7.21. The van der Waals surface area contributed by atoms with E-state index in [4.69, 9.17) is 17.3 Å². The van der Waals surface area contributed by atoms with E-state index in [-0.39, 0.29) is 5.54 Å². The predicted octanol–water partition coefficient (Wildman–Crippen LogP) is 4.10. The Morgan fingerprint density at radius 1 is 1.44 bits per heavy atom. The maximum Gasteiger partial charge on any atom is 0.0931 e. The van der Waals surface area contributed by atoms with Crippen molar-refractivity contribution in [3.05, 3.63) is 21.3 Å². The second-order valence-corrected chi connectivity index (χ2v) is 7.24. The molecule has 0 saturated heterocycles. The SMILES string of the molecule is CC1CCC(N)(Cc2ccc(Cl)s2)CC1C. The van der Waals surface area contributed by atoms with Crippen molar-refractivity contribution in [1.82, 2.24) is 0 Å². The van der Waals surface area contributed by atoms with Gasteiger partial charge in [0.25, 0.3) is 0 Å². The zero-order valence-corrected chi connectivity index (χ0v) is 11.6. The average molecular weight is 258 g/mol. The van der Waals surface area contributed by atoms with E-state index in [2.05, 4.69) is 19.9 Å². The molecule has 1 fully saturated rings. The van der Waals surface area contributed by atoms with Gasteiger partial charge >= 0.3 is 0 Å². The van der Waals surface area contributed by atoms with Gasteiger partial charge in [0, 0.05) is 10.4 Å². The highest BCUT2D eigenvalue weighted by molar-refractivity contribution is 7.16. The monoisotopic (exact) mass is 257 g/mol. The van der Waals surface area contributed by atoms with Crippen molar-refractivity contribution < 1.29 is 0 Å². The van der Waals surface area contributed by atoms with Gasteiger partial charge in [-0.2, -0.15) is 0 Å². The molecule has 1 aliphatic carbocycles. The topological polar surface area (TPSA) is 26.0 Å². The lowest BCUT2D eigenvalue weighted by molar-refractivity contribution is 0.176. The normalized spacial score (nSPS) is 35.2.